The Hall–Kier alpha value is 0.0300. The molecular formula is C7H19NO5P+. The van der Waals surface area contributed by atoms with Gasteiger partial charge in [0.2, 0.25) is 0 Å². The van der Waals surface area contributed by atoms with Crippen molar-refractivity contribution in [1.82, 2.24) is 0 Å². The summed E-state index contributed by atoms with van der Waals surface area (Å²) < 4.78 is 20.6. The molecule has 0 aromatic carbocycles. The lowest BCUT2D eigenvalue weighted by molar-refractivity contribution is -0.870. The molecule has 0 radical (unpaired) electrons. The van der Waals surface area contributed by atoms with Crippen LogP contribution in [0.25, 0.3) is 0 Å². The molecule has 0 rings (SSSR count). The molecule has 0 saturated heterocycles. The van der Waals surface area contributed by atoms with Gasteiger partial charge >= 0.3 is 7.82 Å². The number of hydrogen-bond donors (Lipinski definition) is 2. The summed E-state index contributed by atoms with van der Waals surface area (Å²) in [7, 11) is 1.70. The lowest BCUT2D eigenvalue weighted by Gasteiger charge is -2.24. The molecule has 86 valence electrons. The molecular weight excluding hydrogens is 209 g/mol. The number of phosphoric acid groups is 1. The van der Waals surface area contributed by atoms with E-state index < -0.39 is 14.1 Å². The minimum Gasteiger partial charge on any atom is -0.368 e. The molecule has 0 aliphatic heterocycles. The average Bonchev–Trinajstić information content (AvgIpc) is 1.78. The highest BCUT2D eigenvalue weighted by atomic mass is 31.2. The van der Waals surface area contributed by atoms with E-state index in [-0.39, 0.29) is 6.61 Å². The van der Waals surface area contributed by atoms with Crippen LogP contribution in [0.15, 0.2) is 0 Å². The van der Waals surface area contributed by atoms with E-state index in [4.69, 9.17) is 10.00 Å². The number of aliphatic hydroxyl groups is 1. The van der Waals surface area contributed by atoms with Crippen molar-refractivity contribution in [1.29, 1.82) is 0 Å². The quantitative estimate of drug-likeness (QED) is 0.385. The monoisotopic (exact) mass is 228 g/mol. The van der Waals surface area contributed by atoms with E-state index in [1.54, 1.807) is 0 Å². The fraction of sp³-hybridized carbons (Fsp3) is 1.00. The van der Waals surface area contributed by atoms with Crippen LogP contribution in [-0.2, 0) is 13.6 Å². The Labute approximate surface area is 84.3 Å². The van der Waals surface area contributed by atoms with Gasteiger partial charge in [0.1, 0.15) is 13.2 Å². The zero-order valence-corrected chi connectivity index (χ0v) is 9.90. The summed E-state index contributed by atoms with van der Waals surface area (Å²) in [6.45, 7) is 1.92. The van der Waals surface area contributed by atoms with Crippen LogP contribution in [0.4, 0.5) is 0 Å². The summed E-state index contributed by atoms with van der Waals surface area (Å²) >= 11 is 0. The van der Waals surface area contributed by atoms with Crippen LogP contribution in [0.1, 0.15) is 6.92 Å². The Morgan fingerprint density at radius 1 is 1.43 bits per heavy atom. The van der Waals surface area contributed by atoms with Gasteiger partial charge in [-0.1, -0.05) is 0 Å². The van der Waals surface area contributed by atoms with E-state index in [0.29, 0.717) is 11.0 Å². The summed E-state index contributed by atoms with van der Waals surface area (Å²) in [5.74, 6) is 0. The molecule has 0 heterocycles. The van der Waals surface area contributed by atoms with Crippen molar-refractivity contribution in [3.63, 3.8) is 0 Å². The highest BCUT2D eigenvalue weighted by Gasteiger charge is 2.24. The molecule has 14 heavy (non-hydrogen) atoms. The Bertz CT molecular complexity index is 213. The van der Waals surface area contributed by atoms with Crippen molar-refractivity contribution < 1.29 is 28.1 Å². The summed E-state index contributed by atoms with van der Waals surface area (Å²) in [6, 6.07) is 0. The van der Waals surface area contributed by atoms with Crippen molar-refractivity contribution in [2.45, 2.75) is 13.2 Å². The molecule has 2 unspecified atom stereocenters. The lowest BCUT2D eigenvalue weighted by atomic mass is 10.5. The van der Waals surface area contributed by atoms with Crippen LogP contribution in [-0.4, -0.2) is 55.1 Å². The molecule has 0 spiro atoms. The number of nitrogens with zero attached hydrogens (tertiary/aromatic N) is 1. The number of quaternary nitrogens is 1. The van der Waals surface area contributed by atoms with Crippen molar-refractivity contribution in [3.05, 3.63) is 0 Å². The maximum atomic E-state index is 11.1. The van der Waals surface area contributed by atoms with Crippen molar-refractivity contribution in [2.24, 2.45) is 0 Å². The summed E-state index contributed by atoms with van der Waals surface area (Å²) in [5.41, 5.74) is 0. The van der Waals surface area contributed by atoms with E-state index in [1.165, 1.54) is 6.92 Å². The summed E-state index contributed by atoms with van der Waals surface area (Å²) in [5, 5.41) is 8.71. The maximum Gasteiger partial charge on any atom is 0.474 e. The first-order valence-electron chi connectivity index (χ1n) is 4.27. The third kappa shape index (κ3) is 8.62. The van der Waals surface area contributed by atoms with Crippen molar-refractivity contribution >= 4 is 7.82 Å². The largest absolute Gasteiger partial charge is 0.474 e. The fourth-order valence-electron chi connectivity index (χ4n) is 0.653. The van der Waals surface area contributed by atoms with Gasteiger partial charge < -0.3 is 14.5 Å². The van der Waals surface area contributed by atoms with Crippen LogP contribution in [0.5, 0.6) is 0 Å². The topological polar surface area (TPSA) is 76.0 Å². The first kappa shape index (κ1) is 14.0. The fourth-order valence-corrected chi connectivity index (χ4v) is 1.41. The Kier molecular flexibility index (Phi) is 5.22. The normalized spacial score (nSPS) is 19.0. The molecule has 2 N–H and O–H groups in total. The second-order valence-electron chi connectivity index (χ2n) is 4.02. The van der Waals surface area contributed by atoms with Gasteiger partial charge in [-0.2, -0.15) is 0 Å². The standard InChI is InChI=1S/C7H18NO5P/c1-7(9)13-14(10,11)12-6-5-8(2,3)4/h7,9H,5-6H2,1-4H3/p+1. The molecule has 0 fully saturated rings. The van der Waals surface area contributed by atoms with Gasteiger partial charge in [0.05, 0.1) is 21.1 Å². The van der Waals surface area contributed by atoms with Crippen LogP contribution in [0.2, 0.25) is 0 Å². The smallest absolute Gasteiger partial charge is 0.368 e. The van der Waals surface area contributed by atoms with Crippen molar-refractivity contribution in [3.8, 4) is 0 Å². The molecule has 2 atom stereocenters. The molecule has 0 aliphatic carbocycles. The lowest BCUT2D eigenvalue weighted by Crippen LogP contribution is -2.37. The van der Waals surface area contributed by atoms with E-state index in [2.05, 4.69) is 9.05 Å². The molecule has 0 aliphatic rings. The molecule has 0 amide bonds. The van der Waals surface area contributed by atoms with Crippen molar-refractivity contribution in [2.75, 3.05) is 34.3 Å². The zero-order chi connectivity index (χ0) is 11.4. The highest BCUT2D eigenvalue weighted by molar-refractivity contribution is 7.47. The van der Waals surface area contributed by atoms with Gasteiger partial charge in [0, 0.05) is 0 Å². The first-order valence-corrected chi connectivity index (χ1v) is 5.76. The maximum absolute atomic E-state index is 11.1. The van der Waals surface area contributed by atoms with Gasteiger partial charge in [-0.3, -0.25) is 9.05 Å². The molecule has 0 aromatic rings. The third-order valence-corrected chi connectivity index (χ3v) is 2.38. The van der Waals surface area contributed by atoms with E-state index >= 15 is 0 Å². The second kappa shape index (κ2) is 5.21. The highest BCUT2D eigenvalue weighted by Crippen LogP contribution is 2.43. The van der Waals surface area contributed by atoms with Gasteiger partial charge in [0.15, 0.2) is 6.29 Å². The number of likely N-dealkylation sites (N-methyl/N-ethyl adjacent to an activating group) is 1. The first-order chi connectivity index (χ1) is 6.12. The SMILES string of the molecule is CC(O)OP(=O)(O)OCC[N+](C)(C)C. The predicted octanol–water partition coefficient (Wildman–Crippen LogP) is 0.164. The Balaban J connectivity index is 3.83. The summed E-state index contributed by atoms with van der Waals surface area (Å²) in [6.07, 6.45) is -1.31. The molecule has 0 aromatic heterocycles. The van der Waals surface area contributed by atoms with Gasteiger partial charge in [-0.25, -0.2) is 4.57 Å². The van der Waals surface area contributed by atoms with Crippen LogP contribution in [0, 0.1) is 0 Å². The second-order valence-corrected chi connectivity index (χ2v) is 5.43. The molecule has 7 heteroatoms. The Morgan fingerprint density at radius 3 is 2.29 bits per heavy atom. The summed E-state index contributed by atoms with van der Waals surface area (Å²) in [4.78, 5) is 9.03. The van der Waals surface area contributed by atoms with Gasteiger partial charge in [-0.05, 0) is 6.92 Å². The van der Waals surface area contributed by atoms with E-state index in [1.807, 2.05) is 21.1 Å². The number of aliphatic hydroxyl groups excluding tert-OH is 1. The third-order valence-electron chi connectivity index (χ3n) is 1.30. The zero-order valence-electron chi connectivity index (χ0n) is 9.01. The minimum absolute atomic E-state index is 0.101. The predicted molar refractivity (Wildman–Crippen MR) is 51.4 cm³/mol. The van der Waals surface area contributed by atoms with Gasteiger partial charge in [-0.15, -0.1) is 0 Å². The van der Waals surface area contributed by atoms with Crippen LogP contribution >= 0.6 is 7.82 Å². The number of rotatable bonds is 6. The number of hydrogen-bond acceptors (Lipinski definition) is 4. The van der Waals surface area contributed by atoms with E-state index in [9.17, 15) is 4.57 Å². The Morgan fingerprint density at radius 2 is 1.93 bits per heavy atom. The van der Waals surface area contributed by atoms with Gasteiger partial charge in [0.25, 0.3) is 0 Å². The molecule has 6 nitrogen and oxygen atoms in total. The minimum atomic E-state index is -4.09. The average molecular weight is 228 g/mol. The molecule has 0 bridgehead atoms. The van der Waals surface area contributed by atoms with Crippen LogP contribution < -0.4 is 0 Å². The van der Waals surface area contributed by atoms with E-state index in [0.717, 1.165) is 0 Å². The molecule has 0 saturated carbocycles. The number of phosphoric ester groups is 1. The van der Waals surface area contributed by atoms with Crippen LogP contribution in [0.3, 0.4) is 0 Å².